The first-order valence-electron chi connectivity index (χ1n) is 16.8. The number of piperidine rings is 1. The predicted molar refractivity (Wildman–Crippen MR) is 168 cm³/mol. The molecule has 3 aromatic rings. The Labute approximate surface area is 260 Å². The largest absolute Gasteiger partial charge is 0.481 e. The van der Waals surface area contributed by atoms with Crippen molar-refractivity contribution in [1.29, 1.82) is 0 Å². The first-order chi connectivity index (χ1) is 21.4. The molecule has 2 heterocycles. The van der Waals surface area contributed by atoms with Crippen molar-refractivity contribution in [1.82, 2.24) is 9.80 Å². The molecule has 0 aromatic heterocycles. The fourth-order valence-corrected chi connectivity index (χ4v) is 8.09. The summed E-state index contributed by atoms with van der Waals surface area (Å²) in [5.41, 5.74) is 5.36. The number of carboxylic acids is 1. The Kier molecular flexibility index (Phi) is 8.56. The van der Waals surface area contributed by atoms with E-state index < -0.39 is 5.97 Å². The number of hydrogen-bond acceptors (Lipinski definition) is 3. The van der Waals surface area contributed by atoms with Gasteiger partial charge in [-0.1, -0.05) is 55.0 Å². The van der Waals surface area contributed by atoms with Gasteiger partial charge in [0.2, 0.25) is 0 Å². The summed E-state index contributed by atoms with van der Waals surface area (Å²) in [6.45, 7) is 3.29. The number of aliphatic carboxylic acids is 1. The zero-order valence-corrected chi connectivity index (χ0v) is 25.5. The zero-order chi connectivity index (χ0) is 30.2. The van der Waals surface area contributed by atoms with Crippen LogP contribution in [-0.4, -0.2) is 46.6 Å². The highest BCUT2D eigenvalue weighted by molar-refractivity contribution is 5.72. The topological polar surface area (TPSA) is 43.8 Å². The number of halogens is 2. The van der Waals surface area contributed by atoms with Gasteiger partial charge in [0.1, 0.15) is 11.6 Å². The van der Waals surface area contributed by atoms with Gasteiger partial charge in [0.05, 0.1) is 5.92 Å². The molecule has 0 spiro atoms. The molecule has 44 heavy (non-hydrogen) atoms. The van der Waals surface area contributed by atoms with Crippen LogP contribution in [0.1, 0.15) is 91.1 Å². The number of nitrogens with zero attached hydrogens (tertiary/aromatic N) is 2. The summed E-state index contributed by atoms with van der Waals surface area (Å²) in [4.78, 5) is 17.1. The average Bonchev–Trinajstić information content (AvgIpc) is 3.97. The van der Waals surface area contributed by atoms with E-state index in [1.807, 2.05) is 18.2 Å². The molecule has 0 radical (unpaired) electrons. The monoisotopic (exact) mass is 598 g/mol. The molecule has 6 heteroatoms. The molecule has 7 rings (SSSR count). The molecule has 3 aromatic carbocycles. The number of rotatable bonds is 11. The SMILES string of the molecule is O=C(O)[C@H](C1CC1)C(C1CC1)N1CCC(c2ccc(CN3CCCCC3c3ccc(Cc4ccc(F)cc4)cc3)c(F)c2)C1. The Morgan fingerprint density at radius 2 is 1.48 bits per heavy atom. The van der Waals surface area contributed by atoms with E-state index in [0.29, 0.717) is 18.4 Å². The molecule has 4 nitrogen and oxygen atoms in total. The van der Waals surface area contributed by atoms with Gasteiger partial charge < -0.3 is 5.11 Å². The molecule has 4 atom stereocenters. The smallest absolute Gasteiger partial charge is 0.308 e. The van der Waals surface area contributed by atoms with Gasteiger partial charge in [-0.3, -0.25) is 14.6 Å². The van der Waals surface area contributed by atoms with E-state index in [1.54, 1.807) is 6.07 Å². The van der Waals surface area contributed by atoms with Crippen molar-refractivity contribution in [2.24, 2.45) is 17.8 Å². The van der Waals surface area contributed by atoms with Crippen LogP contribution in [0.15, 0.2) is 66.7 Å². The summed E-state index contributed by atoms with van der Waals surface area (Å²) in [7, 11) is 0. The van der Waals surface area contributed by atoms with Crippen LogP contribution in [0, 0.1) is 29.4 Å². The molecule has 4 aliphatic rings. The maximum atomic E-state index is 15.7. The van der Waals surface area contributed by atoms with Crippen LogP contribution in [0.3, 0.4) is 0 Å². The maximum absolute atomic E-state index is 15.7. The van der Waals surface area contributed by atoms with Gasteiger partial charge in [-0.25, -0.2) is 8.78 Å². The van der Waals surface area contributed by atoms with Gasteiger partial charge >= 0.3 is 5.97 Å². The van der Waals surface area contributed by atoms with E-state index in [9.17, 15) is 14.3 Å². The quantitative estimate of drug-likeness (QED) is 0.243. The molecule has 3 unspecified atom stereocenters. The summed E-state index contributed by atoms with van der Waals surface area (Å²) < 4.78 is 29.0. The highest BCUT2D eigenvalue weighted by atomic mass is 19.1. The summed E-state index contributed by atoms with van der Waals surface area (Å²) in [5.74, 6) is -0.104. The van der Waals surface area contributed by atoms with E-state index in [0.717, 1.165) is 87.7 Å². The normalized spacial score (nSPS) is 24.3. The minimum Gasteiger partial charge on any atom is -0.481 e. The van der Waals surface area contributed by atoms with Crippen molar-refractivity contribution in [3.05, 3.63) is 106 Å². The standard InChI is InChI=1S/C38H44F2N2O2/c39-33-16-6-26(7-17-33)21-25-4-8-27(9-5-25)35-3-1-2-19-41(35)24-32-15-14-30(22-34(32)40)31-18-20-42(23-31)37(29-12-13-29)36(38(43)44)28-10-11-28/h4-9,14-17,22,28-29,31,35-37H,1-3,10-13,18-21,23-24H2,(H,43,44)/t31?,35?,36-,37?/m1/s1. The third kappa shape index (κ3) is 6.62. The molecule has 2 saturated heterocycles. The second kappa shape index (κ2) is 12.7. The fourth-order valence-electron chi connectivity index (χ4n) is 8.09. The van der Waals surface area contributed by atoms with Crippen LogP contribution in [-0.2, 0) is 17.8 Å². The summed E-state index contributed by atoms with van der Waals surface area (Å²) in [5, 5.41) is 10.1. The Morgan fingerprint density at radius 3 is 2.14 bits per heavy atom. The molecule has 0 bridgehead atoms. The van der Waals surface area contributed by atoms with E-state index >= 15 is 4.39 Å². The predicted octanol–water partition coefficient (Wildman–Crippen LogP) is 7.96. The first-order valence-corrected chi connectivity index (χ1v) is 16.8. The molecule has 232 valence electrons. The van der Waals surface area contributed by atoms with Crippen LogP contribution in [0.5, 0.6) is 0 Å². The number of carboxylic acid groups (broad SMARTS) is 1. The summed E-state index contributed by atoms with van der Waals surface area (Å²) in [6.07, 6.45) is 9.47. The highest BCUT2D eigenvalue weighted by Gasteiger charge is 2.50. The Morgan fingerprint density at radius 1 is 0.795 bits per heavy atom. The molecule has 2 saturated carbocycles. The minimum absolute atomic E-state index is 0.125. The maximum Gasteiger partial charge on any atom is 0.308 e. The first kappa shape index (κ1) is 29.6. The second-order valence-electron chi connectivity index (χ2n) is 13.9. The van der Waals surface area contributed by atoms with Crippen molar-refractivity contribution >= 4 is 5.97 Å². The average molecular weight is 599 g/mol. The van der Waals surface area contributed by atoms with Crippen LogP contribution < -0.4 is 0 Å². The fraction of sp³-hybridized carbons (Fsp3) is 0.500. The minimum atomic E-state index is -0.625. The van der Waals surface area contributed by atoms with Crippen LogP contribution in [0.25, 0.3) is 0 Å². The van der Waals surface area contributed by atoms with Gasteiger partial charge in [0.15, 0.2) is 0 Å². The summed E-state index contributed by atoms with van der Waals surface area (Å²) in [6, 6.07) is 21.7. The summed E-state index contributed by atoms with van der Waals surface area (Å²) >= 11 is 0. The number of likely N-dealkylation sites (tertiary alicyclic amines) is 2. The number of benzene rings is 3. The lowest BCUT2D eigenvalue weighted by molar-refractivity contribution is -0.145. The van der Waals surface area contributed by atoms with Gasteiger partial charge in [-0.05, 0) is 123 Å². The lowest BCUT2D eigenvalue weighted by atomic mass is 9.89. The third-order valence-corrected chi connectivity index (χ3v) is 10.8. The molecular weight excluding hydrogens is 554 g/mol. The van der Waals surface area contributed by atoms with Gasteiger partial charge in [0.25, 0.3) is 0 Å². The van der Waals surface area contributed by atoms with Crippen molar-refractivity contribution in [2.75, 3.05) is 19.6 Å². The molecule has 2 aliphatic heterocycles. The van der Waals surface area contributed by atoms with Crippen molar-refractivity contribution < 1.29 is 18.7 Å². The molecule has 0 amide bonds. The van der Waals surface area contributed by atoms with Crippen molar-refractivity contribution in [3.8, 4) is 0 Å². The molecule has 2 aliphatic carbocycles. The van der Waals surface area contributed by atoms with E-state index in [-0.39, 0.29) is 35.6 Å². The zero-order valence-electron chi connectivity index (χ0n) is 25.5. The molecular formula is C38H44F2N2O2. The Balaban J connectivity index is 1.00. The van der Waals surface area contributed by atoms with Crippen LogP contribution in [0.2, 0.25) is 0 Å². The van der Waals surface area contributed by atoms with E-state index in [1.165, 1.54) is 29.7 Å². The van der Waals surface area contributed by atoms with E-state index in [4.69, 9.17) is 0 Å². The molecule has 4 fully saturated rings. The lowest BCUT2D eigenvalue weighted by Crippen LogP contribution is -2.45. The Hall–Kier alpha value is -3.09. The number of hydrogen-bond donors (Lipinski definition) is 1. The van der Waals surface area contributed by atoms with Crippen LogP contribution >= 0.6 is 0 Å². The Bertz CT molecular complexity index is 1450. The lowest BCUT2D eigenvalue weighted by Gasteiger charge is -2.36. The third-order valence-electron chi connectivity index (χ3n) is 10.8. The van der Waals surface area contributed by atoms with Crippen molar-refractivity contribution in [3.63, 3.8) is 0 Å². The van der Waals surface area contributed by atoms with Gasteiger partial charge in [-0.15, -0.1) is 0 Å². The van der Waals surface area contributed by atoms with Gasteiger partial charge in [-0.2, -0.15) is 0 Å². The highest BCUT2D eigenvalue weighted by Crippen LogP contribution is 2.49. The van der Waals surface area contributed by atoms with E-state index in [2.05, 4.69) is 40.1 Å². The molecule has 1 N–H and O–H groups in total. The van der Waals surface area contributed by atoms with Crippen molar-refractivity contribution in [2.45, 2.75) is 82.3 Å². The number of carbonyl (C=O) groups is 1. The second-order valence-corrected chi connectivity index (χ2v) is 13.9. The van der Waals surface area contributed by atoms with Gasteiger partial charge in [0, 0.05) is 30.7 Å². The van der Waals surface area contributed by atoms with Crippen LogP contribution in [0.4, 0.5) is 8.78 Å².